The molecule has 0 rings (SSSR count). The van der Waals surface area contributed by atoms with E-state index in [2.05, 4.69) is 19.2 Å². The second-order valence-electron chi connectivity index (χ2n) is 3.10. The summed E-state index contributed by atoms with van der Waals surface area (Å²) >= 11 is 0. The molecule has 0 aromatic carbocycles. The second-order valence-corrected chi connectivity index (χ2v) is 3.10. The molecular formula is C9H21NO. The van der Waals surface area contributed by atoms with Gasteiger partial charge in [-0.1, -0.05) is 20.3 Å². The molecule has 0 aliphatic carbocycles. The first-order valence-electron chi connectivity index (χ1n) is 4.43. The molecule has 0 bridgehead atoms. The van der Waals surface area contributed by atoms with Crippen LogP contribution in [0.2, 0.25) is 0 Å². The van der Waals surface area contributed by atoms with Crippen molar-refractivity contribution >= 4 is 0 Å². The van der Waals surface area contributed by atoms with Crippen molar-refractivity contribution in [1.29, 1.82) is 0 Å². The Bertz CT molecular complexity index is 85.6. The lowest BCUT2D eigenvalue weighted by Gasteiger charge is -2.21. The molecule has 0 aliphatic rings. The van der Waals surface area contributed by atoms with Crippen LogP contribution in [-0.4, -0.2) is 26.8 Å². The fraction of sp³-hybridized carbons (Fsp3) is 1.00. The molecule has 0 aromatic rings. The number of rotatable bonds is 6. The highest BCUT2D eigenvalue weighted by atomic mass is 16.5. The molecule has 68 valence electrons. The van der Waals surface area contributed by atoms with Crippen LogP contribution in [0.15, 0.2) is 0 Å². The highest BCUT2D eigenvalue weighted by Crippen LogP contribution is 2.11. The molecule has 0 heterocycles. The van der Waals surface area contributed by atoms with E-state index in [1.807, 2.05) is 7.05 Å². The van der Waals surface area contributed by atoms with E-state index in [-0.39, 0.29) is 0 Å². The van der Waals surface area contributed by atoms with Crippen molar-refractivity contribution in [3.63, 3.8) is 0 Å². The van der Waals surface area contributed by atoms with Crippen molar-refractivity contribution in [2.24, 2.45) is 5.92 Å². The smallest absolute Gasteiger partial charge is 0.0608 e. The zero-order valence-corrected chi connectivity index (χ0v) is 8.18. The van der Waals surface area contributed by atoms with E-state index in [0.29, 0.717) is 12.0 Å². The average Bonchev–Trinajstić information content (AvgIpc) is 2.00. The number of methoxy groups -OCH3 is 1. The van der Waals surface area contributed by atoms with Gasteiger partial charge in [0, 0.05) is 7.11 Å². The quantitative estimate of drug-likeness (QED) is 0.636. The van der Waals surface area contributed by atoms with Crippen LogP contribution in [0.4, 0.5) is 0 Å². The Kier molecular flexibility index (Phi) is 6.57. The number of nitrogens with one attached hydrogen (secondary N) is 1. The third kappa shape index (κ3) is 4.38. The van der Waals surface area contributed by atoms with Gasteiger partial charge in [0.15, 0.2) is 0 Å². The van der Waals surface area contributed by atoms with Crippen LogP contribution in [0.25, 0.3) is 0 Å². The predicted molar refractivity (Wildman–Crippen MR) is 48.8 cm³/mol. The Hall–Kier alpha value is -0.0800. The van der Waals surface area contributed by atoms with Gasteiger partial charge in [0.05, 0.1) is 6.10 Å². The van der Waals surface area contributed by atoms with Gasteiger partial charge in [-0.15, -0.1) is 0 Å². The first-order valence-corrected chi connectivity index (χ1v) is 4.43. The van der Waals surface area contributed by atoms with E-state index in [0.717, 1.165) is 6.54 Å². The molecule has 0 aromatic heterocycles. The molecule has 11 heavy (non-hydrogen) atoms. The number of hydrogen-bond donors (Lipinski definition) is 1. The summed E-state index contributed by atoms with van der Waals surface area (Å²) in [6, 6.07) is 0. The molecule has 0 amide bonds. The van der Waals surface area contributed by atoms with E-state index in [1.165, 1.54) is 12.8 Å². The zero-order valence-electron chi connectivity index (χ0n) is 8.18. The van der Waals surface area contributed by atoms with Crippen LogP contribution >= 0.6 is 0 Å². The van der Waals surface area contributed by atoms with Gasteiger partial charge in [0.25, 0.3) is 0 Å². The van der Waals surface area contributed by atoms with Gasteiger partial charge in [-0.05, 0) is 25.9 Å². The maximum absolute atomic E-state index is 5.37. The van der Waals surface area contributed by atoms with E-state index in [1.54, 1.807) is 7.11 Å². The fourth-order valence-corrected chi connectivity index (χ4v) is 1.37. The minimum atomic E-state index is 0.424. The first-order chi connectivity index (χ1) is 5.26. The average molecular weight is 159 g/mol. The van der Waals surface area contributed by atoms with Crippen LogP contribution in [-0.2, 0) is 4.74 Å². The Morgan fingerprint density at radius 3 is 2.45 bits per heavy atom. The van der Waals surface area contributed by atoms with E-state index in [4.69, 9.17) is 4.74 Å². The van der Waals surface area contributed by atoms with Gasteiger partial charge < -0.3 is 10.1 Å². The van der Waals surface area contributed by atoms with Crippen molar-refractivity contribution in [3.05, 3.63) is 0 Å². The molecule has 0 aliphatic heterocycles. The maximum Gasteiger partial charge on any atom is 0.0608 e. The third-order valence-corrected chi connectivity index (χ3v) is 2.04. The lowest BCUT2D eigenvalue weighted by molar-refractivity contribution is 0.0518. The van der Waals surface area contributed by atoms with Gasteiger partial charge >= 0.3 is 0 Å². The maximum atomic E-state index is 5.37. The third-order valence-electron chi connectivity index (χ3n) is 2.04. The van der Waals surface area contributed by atoms with Gasteiger partial charge in [0.1, 0.15) is 0 Å². The van der Waals surface area contributed by atoms with Crippen LogP contribution < -0.4 is 5.32 Å². The lowest BCUT2D eigenvalue weighted by atomic mass is 10.0. The summed E-state index contributed by atoms with van der Waals surface area (Å²) in [4.78, 5) is 0. The van der Waals surface area contributed by atoms with Crippen molar-refractivity contribution in [3.8, 4) is 0 Å². The summed E-state index contributed by atoms with van der Waals surface area (Å²) < 4.78 is 5.37. The summed E-state index contributed by atoms with van der Waals surface area (Å²) in [5.74, 6) is 0.616. The van der Waals surface area contributed by atoms with Crippen LogP contribution in [0, 0.1) is 5.92 Å². The van der Waals surface area contributed by atoms with Gasteiger partial charge in [-0.2, -0.15) is 0 Å². The standard InChI is InChI=1S/C9H21NO/c1-5-6-9(11-4)8(2)7-10-3/h8-10H,5-7H2,1-4H3. The normalized spacial score (nSPS) is 16.4. The molecule has 2 atom stereocenters. The van der Waals surface area contributed by atoms with E-state index >= 15 is 0 Å². The molecule has 0 saturated carbocycles. The summed E-state index contributed by atoms with van der Waals surface area (Å²) in [6.45, 7) is 5.46. The summed E-state index contributed by atoms with van der Waals surface area (Å²) in [5, 5.41) is 3.16. The summed E-state index contributed by atoms with van der Waals surface area (Å²) in [6.07, 6.45) is 2.79. The predicted octanol–water partition coefficient (Wildman–Crippen LogP) is 1.66. The Morgan fingerprint density at radius 1 is 1.45 bits per heavy atom. The van der Waals surface area contributed by atoms with Crippen molar-refractivity contribution in [1.82, 2.24) is 5.32 Å². The van der Waals surface area contributed by atoms with Crippen LogP contribution in [0.3, 0.4) is 0 Å². The highest BCUT2D eigenvalue weighted by Gasteiger charge is 2.13. The van der Waals surface area contributed by atoms with Crippen molar-refractivity contribution in [2.45, 2.75) is 32.8 Å². The van der Waals surface area contributed by atoms with Crippen molar-refractivity contribution < 1.29 is 4.74 Å². The molecule has 2 unspecified atom stereocenters. The molecule has 0 radical (unpaired) electrons. The second kappa shape index (κ2) is 6.62. The summed E-state index contributed by atoms with van der Waals surface area (Å²) in [7, 11) is 3.78. The fourth-order valence-electron chi connectivity index (χ4n) is 1.37. The molecule has 1 N–H and O–H groups in total. The molecule has 2 nitrogen and oxygen atoms in total. The molecule has 0 fully saturated rings. The monoisotopic (exact) mass is 159 g/mol. The number of hydrogen-bond acceptors (Lipinski definition) is 2. The zero-order chi connectivity index (χ0) is 8.69. The van der Waals surface area contributed by atoms with Crippen LogP contribution in [0.5, 0.6) is 0 Å². The Balaban J connectivity index is 3.61. The summed E-state index contributed by atoms with van der Waals surface area (Å²) in [5.41, 5.74) is 0. The van der Waals surface area contributed by atoms with Crippen molar-refractivity contribution in [2.75, 3.05) is 20.7 Å². The molecule has 0 spiro atoms. The number of ether oxygens (including phenoxy) is 1. The Morgan fingerprint density at radius 2 is 2.09 bits per heavy atom. The topological polar surface area (TPSA) is 21.3 Å². The van der Waals surface area contributed by atoms with Gasteiger partial charge in [0.2, 0.25) is 0 Å². The van der Waals surface area contributed by atoms with Crippen LogP contribution in [0.1, 0.15) is 26.7 Å². The van der Waals surface area contributed by atoms with E-state index in [9.17, 15) is 0 Å². The van der Waals surface area contributed by atoms with E-state index < -0.39 is 0 Å². The minimum absolute atomic E-state index is 0.424. The molecular weight excluding hydrogens is 138 g/mol. The molecule has 0 saturated heterocycles. The van der Waals surface area contributed by atoms with Gasteiger partial charge in [-0.3, -0.25) is 0 Å². The first kappa shape index (κ1) is 10.9. The van der Waals surface area contributed by atoms with Gasteiger partial charge in [-0.25, -0.2) is 0 Å². The minimum Gasteiger partial charge on any atom is -0.381 e. The Labute approximate surface area is 70.3 Å². The molecule has 2 heteroatoms. The highest BCUT2D eigenvalue weighted by molar-refractivity contribution is 4.66. The lowest BCUT2D eigenvalue weighted by Crippen LogP contribution is -2.28. The SMILES string of the molecule is CCCC(OC)C(C)CNC. The largest absolute Gasteiger partial charge is 0.381 e.